The number of nitrogens with zero attached hydrogens (tertiary/aromatic N) is 2. The fraction of sp³-hybridized carbons (Fsp3) is 0.533. The van der Waals surface area contributed by atoms with Crippen LogP contribution in [0.2, 0.25) is 5.02 Å². The van der Waals surface area contributed by atoms with Gasteiger partial charge in [0.15, 0.2) is 5.96 Å². The Morgan fingerprint density at radius 1 is 1.52 bits per heavy atom. The van der Waals surface area contributed by atoms with Gasteiger partial charge in [-0.15, -0.1) is 0 Å². The SMILES string of the molecule is COc1ccc(C2CN=C(N)N2CC2CCCO2)cc1Cl. The van der Waals surface area contributed by atoms with Crippen LogP contribution in [0.5, 0.6) is 5.75 Å². The molecule has 6 heteroatoms. The molecule has 1 saturated heterocycles. The summed E-state index contributed by atoms with van der Waals surface area (Å²) in [6.07, 6.45) is 2.45. The van der Waals surface area contributed by atoms with E-state index in [9.17, 15) is 0 Å². The van der Waals surface area contributed by atoms with Crippen LogP contribution in [-0.4, -0.2) is 43.8 Å². The monoisotopic (exact) mass is 309 g/mol. The number of ether oxygens (including phenoxy) is 2. The lowest BCUT2D eigenvalue weighted by Gasteiger charge is -2.29. The molecule has 114 valence electrons. The van der Waals surface area contributed by atoms with Crippen molar-refractivity contribution in [2.45, 2.75) is 25.0 Å². The Balaban J connectivity index is 1.78. The third-order valence-corrected chi connectivity index (χ3v) is 4.38. The number of halogens is 1. The van der Waals surface area contributed by atoms with Gasteiger partial charge >= 0.3 is 0 Å². The second-order valence-electron chi connectivity index (χ2n) is 5.40. The maximum atomic E-state index is 6.23. The lowest BCUT2D eigenvalue weighted by atomic mass is 10.1. The molecule has 2 unspecified atom stereocenters. The van der Waals surface area contributed by atoms with E-state index in [1.54, 1.807) is 7.11 Å². The Bertz CT molecular complexity index is 544. The van der Waals surface area contributed by atoms with Gasteiger partial charge in [0.25, 0.3) is 0 Å². The van der Waals surface area contributed by atoms with Crippen LogP contribution < -0.4 is 10.5 Å². The van der Waals surface area contributed by atoms with Crippen LogP contribution in [0.25, 0.3) is 0 Å². The molecule has 0 aliphatic carbocycles. The normalized spacial score (nSPS) is 25.2. The smallest absolute Gasteiger partial charge is 0.192 e. The highest BCUT2D eigenvalue weighted by molar-refractivity contribution is 6.32. The van der Waals surface area contributed by atoms with Gasteiger partial charge in [-0.25, -0.2) is 0 Å². The zero-order valence-electron chi connectivity index (χ0n) is 12.1. The predicted octanol–water partition coefficient (Wildman–Crippen LogP) is 2.20. The molecule has 2 N–H and O–H groups in total. The quantitative estimate of drug-likeness (QED) is 0.926. The van der Waals surface area contributed by atoms with Crippen molar-refractivity contribution in [1.82, 2.24) is 4.90 Å². The van der Waals surface area contributed by atoms with Crippen LogP contribution in [0.1, 0.15) is 24.4 Å². The second-order valence-corrected chi connectivity index (χ2v) is 5.80. The van der Waals surface area contributed by atoms with Gasteiger partial charge in [0.05, 0.1) is 30.8 Å². The van der Waals surface area contributed by atoms with E-state index in [0.717, 1.165) is 31.6 Å². The molecule has 2 aliphatic heterocycles. The largest absolute Gasteiger partial charge is 0.495 e. The molecule has 0 bridgehead atoms. The Labute approximate surface area is 129 Å². The van der Waals surface area contributed by atoms with Crippen molar-refractivity contribution in [3.8, 4) is 5.75 Å². The average Bonchev–Trinajstić information content (AvgIpc) is 3.11. The standard InChI is InChI=1S/C15H20ClN3O2/c1-20-14-5-4-10(7-12(14)16)13-8-18-15(17)19(13)9-11-3-2-6-21-11/h4-5,7,11,13H,2-3,6,8-9H2,1H3,(H2,17,18). The number of hydrogen-bond donors (Lipinski definition) is 1. The average molecular weight is 310 g/mol. The molecule has 1 aromatic carbocycles. The molecular formula is C15H20ClN3O2. The molecule has 2 heterocycles. The molecule has 1 fully saturated rings. The van der Waals surface area contributed by atoms with Gasteiger partial charge in [0.1, 0.15) is 5.75 Å². The fourth-order valence-electron chi connectivity index (χ4n) is 2.93. The first-order valence-electron chi connectivity index (χ1n) is 7.20. The van der Waals surface area contributed by atoms with Crippen LogP contribution in [0.15, 0.2) is 23.2 Å². The summed E-state index contributed by atoms with van der Waals surface area (Å²) in [5.74, 6) is 1.26. The summed E-state index contributed by atoms with van der Waals surface area (Å²) in [6.45, 7) is 2.28. The van der Waals surface area contributed by atoms with Crippen molar-refractivity contribution in [2.24, 2.45) is 10.7 Å². The van der Waals surface area contributed by atoms with Crippen molar-refractivity contribution < 1.29 is 9.47 Å². The summed E-state index contributed by atoms with van der Waals surface area (Å²) in [5, 5.41) is 0.609. The molecule has 2 atom stereocenters. The van der Waals surface area contributed by atoms with Crippen LogP contribution in [0.3, 0.4) is 0 Å². The molecule has 0 radical (unpaired) electrons. The topological polar surface area (TPSA) is 60.1 Å². The van der Waals surface area contributed by atoms with Crippen LogP contribution in [0.4, 0.5) is 0 Å². The van der Waals surface area contributed by atoms with Crippen LogP contribution in [0, 0.1) is 0 Å². The van der Waals surface area contributed by atoms with Gasteiger partial charge < -0.3 is 20.1 Å². The Hall–Kier alpha value is -1.46. The van der Waals surface area contributed by atoms with Gasteiger partial charge in [-0.3, -0.25) is 4.99 Å². The first-order chi connectivity index (χ1) is 10.2. The van der Waals surface area contributed by atoms with Gasteiger partial charge in [-0.1, -0.05) is 17.7 Å². The van der Waals surface area contributed by atoms with E-state index in [0.29, 0.717) is 23.3 Å². The number of guanidine groups is 1. The number of benzene rings is 1. The summed E-state index contributed by atoms with van der Waals surface area (Å²) in [6, 6.07) is 5.96. The molecule has 21 heavy (non-hydrogen) atoms. The number of methoxy groups -OCH3 is 1. The summed E-state index contributed by atoms with van der Waals surface area (Å²) >= 11 is 6.23. The first kappa shape index (κ1) is 14.5. The minimum atomic E-state index is 0.123. The lowest BCUT2D eigenvalue weighted by molar-refractivity contribution is 0.0853. The maximum Gasteiger partial charge on any atom is 0.192 e. The maximum absolute atomic E-state index is 6.23. The van der Waals surface area contributed by atoms with E-state index < -0.39 is 0 Å². The minimum absolute atomic E-state index is 0.123. The van der Waals surface area contributed by atoms with Gasteiger partial charge in [-0.2, -0.15) is 0 Å². The second kappa shape index (κ2) is 6.12. The highest BCUT2D eigenvalue weighted by Gasteiger charge is 2.31. The third-order valence-electron chi connectivity index (χ3n) is 4.08. The van der Waals surface area contributed by atoms with E-state index in [1.807, 2.05) is 18.2 Å². The van der Waals surface area contributed by atoms with Crippen molar-refractivity contribution in [1.29, 1.82) is 0 Å². The Kier molecular flexibility index (Phi) is 4.22. The number of hydrogen-bond acceptors (Lipinski definition) is 5. The first-order valence-corrected chi connectivity index (χ1v) is 7.58. The van der Waals surface area contributed by atoms with Crippen molar-refractivity contribution in [2.75, 3.05) is 26.8 Å². The molecule has 1 aromatic rings. The van der Waals surface area contributed by atoms with E-state index in [4.69, 9.17) is 26.8 Å². The summed E-state index contributed by atoms with van der Waals surface area (Å²) in [7, 11) is 1.61. The number of nitrogens with two attached hydrogens (primary N) is 1. The summed E-state index contributed by atoms with van der Waals surface area (Å²) in [5.41, 5.74) is 7.14. The number of rotatable bonds is 4. The van der Waals surface area contributed by atoms with Crippen LogP contribution >= 0.6 is 11.6 Å². The van der Waals surface area contributed by atoms with Crippen molar-refractivity contribution in [3.05, 3.63) is 28.8 Å². The van der Waals surface area contributed by atoms with Crippen molar-refractivity contribution in [3.63, 3.8) is 0 Å². The van der Waals surface area contributed by atoms with Crippen LogP contribution in [-0.2, 0) is 4.74 Å². The highest BCUT2D eigenvalue weighted by atomic mass is 35.5. The molecule has 0 amide bonds. The van der Waals surface area contributed by atoms with Gasteiger partial charge in [-0.05, 0) is 30.5 Å². The molecule has 0 aromatic heterocycles. The Morgan fingerprint density at radius 2 is 2.38 bits per heavy atom. The zero-order valence-corrected chi connectivity index (χ0v) is 12.8. The number of aliphatic imine (C=N–C) groups is 1. The molecule has 2 aliphatic rings. The lowest BCUT2D eigenvalue weighted by Crippen LogP contribution is -2.41. The molecule has 3 rings (SSSR count). The molecule has 5 nitrogen and oxygen atoms in total. The Morgan fingerprint density at radius 3 is 3.05 bits per heavy atom. The fourth-order valence-corrected chi connectivity index (χ4v) is 3.20. The van der Waals surface area contributed by atoms with E-state index >= 15 is 0 Å². The molecule has 0 spiro atoms. The summed E-state index contributed by atoms with van der Waals surface area (Å²) in [4.78, 5) is 6.50. The van der Waals surface area contributed by atoms with Gasteiger partial charge in [0, 0.05) is 13.2 Å². The van der Waals surface area contributed by atoms with E-state index in [1.165, 1.54) is 0 Å². The van der Waals surface area contributed by atoms with Gasteiger partial charge in [0.2, 0.25) is 0 Å². The van der Waals surface area contributed by atoms with E-state index in [-0.39, 0.29) is 12.1 Å². The zero-order chi connectivity index (χ0) is 14.8. The summed E-state index contributed by atoms with van der Waals surface area (Å²) < 4.78 is 10.9. The highest BCUT2D eigenvalue weighted by Crippen LogP contribution is 2.32. The predicted molar refractivity (Wildman–Crippen MR) is 82.9 cm³/mol. The third kappa shape index (κ3) is 2.94. The van der Waals surface area contributed by atoms with Crippen molar-refractivity contribution >= 4 is 17.6 Å². The van der Waals surface area contributed by atoms with E-state index in [2.05, 4.69) is 9.89 Å². The molecule has 0 saturated carbocycles. The minimum Gasteiger partial charge on any atom is -0.495 e. The molecular weight excluding hydrogens is 290 g/mol.